The Morgan fingerprint density at radius 2 is 2.00 bits per heavy atom. The van der Waals surface area contributed by atoms with Crippen molar-refractivity contribution >= 4 is 23.2 Å². The standard InChI is InChI=1S/C22H31F3N4O3/c1-21(2,3)13-29(14-4-5-14)18(11-26)20(31)27-17-7-6-15(10-16(17)22(23,24)25)28-8-9-32-12-19(28)30/h6-7,10,14,18H,4-5,8-9,11-13,26H2,1-3H3,(H,27,31)/t18-/m0/s1. The summed E-state index contributed by atoms with van der Waals surface area (Å²) in [5.41, 5.74) is 4.55. The molecule has 3 rings (SSSR count). The van der Waals surface area contributed by atoms with Crippen molar-refractivity contribution in [2.24, 2.45) is 11.1 Å². The van der Waals surface area contributed by atoms with E-state index < -0.39 is 29.6 Å². The number of carbonyl (C=O) groups is 2. The maximum atomic E-state index is 13.8. The number of halogens is 3. The number of carbonyl (C=O) groups excluding carboxylic acids is 2. The van der Waals surface area contributed by atoms with Gasteiger partial charge >= 0.3 is 6.18 Å². The average Bonchev–Trinajstić information content (AvgIpc) is 3.52. The molecule has 0 spiro atoms. The van der Waals surface area contributed by atoms with Gasteiger partial charge in [0.05, 0.1) is 17.9 Å². The third-order valence-electron chi connectivity index (χ3n) is 5.46. The highest BCUT2D eigenvalue weighted by Crippen LogP contribution is 2.38. The Hall–Kier alpha value is -2.17. The van der Waals surface area contributed by atoms with E-state index in [9.17, 15) is 22.8 Å². The molecule has 2 fully saturated rings. The Bertz CT molecular complexity index is 850. The molecule has 178 valence electrons. The van der Waals surface area contributed by atoms with E-state index in [1.165, 1.54) is 17.0 Å². The number of nitrogens with zero attached hydrogens (tertiary/aromatic N) is 2. The normalized spacial score (nSPS) is 18.8. The summed E-state index contributed by atoms with van der Waals surface area (Å²) >= 11 is 0. The minimum Gasteiger partial charge on any atom is -0.370 e. The lowest BCUT2D eigenvalue weighted by Gasteiger charge is -2.35. The number of benzene rings is 1. The lowest BCUT2D eigenvalue weighted by molar-refractivity contribution is -0.137. The van der Waals surface area contributed by atoms with E-state index in [0.717, 1.165) is 18.9 Å². The monoisotopic (exact) mass is 456 g/mol. The third-order valence-corrected chi connectivity index (χ3v) is 5.46. The van der Waals surface area contributed by atoms with Crippen LogP contribution in [0.15, 0.2) is 18.2 Å². The molecule has 2 aliphatic rings. The van der Waals surface area contributed by atoms with E-state index in [-0.39, 0.29) is 49.1 Å². The number of hydrogen-bond donors (Lipinski definition) is 2. The van der Waals surface area contributed by atoms with Gasteiger partial charge in [-0.3, -0.25) is 14.5 Å². The molecule has 1 saturated heterocycles. The molecule has 1 aliphatic heterocycles. The summed E-state index contributed by atoms with van der Waals surface area (Å²) in [7, 11) is 0. The summed E-state index contributed by atoms with van der Waals surface area (Å²) < 4.78 is 46.5. The highest BCUT2D eigenvalue weighted by Gasteiger charge is 2.40. The smallest absolute Gasteiger partial charge is 0.370 e. The number of morpholine rings is 1. The fourth-order valence-electron chi connectivity index (χ4n) is 3.89. The molecule has 0 bridgehead atoms. The quantitative estimate of drug-likeness (QED) is 0.659. The van der Waals surface area contributed by atoms with Gasteiger partial charge < -0.3 is 20.7 Å². The van der Waals surface area contributed by atoms with Gasteiger partial charge in [-0.05, 0) is 36.5 Å². The second kappa shape index (κ2) is 9.36. The first-order valence-electron chi connectivity index (χ1n) is 10.8. The van der Waals surface area contributed by atoms with Gasteiger partial charge in [0.15, 0.2) is 0 Å². The van der Waals surface area contributed by atoms with Crippen molar-refractivity contribution in [3.63, 3.8) is 0 Å². The first kappa shape index (κ1) is 24.5. The minimum absolute atomic E-state index is 0.000127. The molecule has 1 saturated carbocycles. The van der Waals surface area contributed by atoms with Gasteiger partial charge in [-0.2, -0.15) is 13.2 Å². The number of alkyl halides is 3. The van der Waals surface area contributed by atoms with Crippen molar-refractivity contribution in [2.45, 2.75) is 51.9 Å². The molecule has 1 atom stereocenters. The first-order chi connectivity index (χ1) is 14.9. The minimum atomic E-state index is -4.71. The van der Waals surface area contributed by atoms with Crippen LogP contribution in [-0.2, 0) is 20.5 Å². The molecular weight excluding hydrogens is 425 g/mol. The molecule has 10 heteroatoms. The molecule has 0 radical (unpaired) electrons. The second-order valence-electron chi connectivity index (χ2n) is 9.53. The Morgan fingerprint density at radius 1 is 1.31 bits per heavy atom. The van der Waals surface area contributed by atoms with E-state index in [2.05, 4.69) is 5.32 Å². The first-order valence-corrected chi connectivity index (χ1v) is 10.8. The van der Waals surface area contributed by atoms with E-state index in [1.54, 1.807) is 0 Å². The molecule has 1 heterocycles. The summed E-state index contributed by atoms with van der Waals surface area (Å²) in [6, 6.07) is 2.97. The molecule has 7 nitrogen and oxygen atoms in total. The lowest BCUT2D eigenvalue weighted by atomic mass is 9.95. The van der Waals surface area contributed by atoms with Crippen molar-refractivity contribution in [2.75, 3.05) is 43.1 Å². The number of anilines is 2. The Labute approximate surface area is 186 Å². The van der Waals surface area contributed by atoms with Gasteiger partial charge in [0.2, 0.25) is 5.91 Å². The molecule has 1 aromatic rings. The second-order valence-corrected chi connectivity index (χ2v) is 9.53. The summed E-state index contributed by atoms with van der Waals surface area (Å²) in [4.78, 5) is 28.3. The van der Waals surface area contributed by atoms with Gasteiger partial charge in [-0.25, -0.2) is 0 Å². The number of rotatable bonds is 7. The molecular formula is C22H31F3N4O3. The van der Waals surface area contributed by atoms with Gasteiger partial charge in [0, 0.05) is 31.4 Å². The van der Waals surface area contributed by atoms with Crippen molar-refractivity contribution < 1.29 is 27.5 Å². The van der Waals surface area contributed by atoms with Crippen LogP contribution in [0.2, 0.25) is 0 Å². The van der Waals surface area contributed by atoms with Crippen LogP contribution >= 0.6 is 0 Å². The largest absolute Gasteiger partial charge is 0.418 e. The Kier molecular flexibility index (Phi) is 7.16. The van der Waals surface area contributed by atoms with Crippen molar-refractivity contribution in [1.29, 1.82) is 0 Å². The van der Waals surface area contributed by atoms with Crippen molar-refractivity contribution in [3.05, 3.63) is 23.8 Å². The molecule has 1 aromatic carbocycles. The Morgan fingerprint density at radius 3 is 2.53 bits per heavy atom. The third kappa shape index (κ3) is 5.99. The summed E-state index contributed by atoms with van der Waals surface area (Å²) in [6.07, 6.45) is -2.83. The Balaban J connectivity index is 1.86. The van der Waals surface area contributed by atoms with Crippen LogP contribution in [0.25, 0.3) is 0 Å². The zero-order chi connectivity index (χ0) is 23.7. The van der Waals surface area contributed by atoms with Crippen LogP contribution in [0.5, 0.6) is 0 Å². The van der Waals surface area contributed by atoms with Gasteiger partial charge in [-0.15, -0.1) is 0 Å². The molecule has 0 aromatic heterocycles. The average molecular weight is 457 g/mol. The maximum Gasteiger partial charge on any atom is 0.418 e. The van der Waals surface area contributed by atoms with E-state index in [0.29, 0.717) is 6.54 Å². The molecule has 1 aliphatic carbocycles. The van der Waals surface area contributed by atoms with Crippen LogP contribution in [0, 0.1) is 5.41 Å². The van der Waals surface area contributed by atoms with E-state index >= 15 is 0 Å². The SMILES string of the molecule is CC(C)(C)CN(C1CC1)[C@@H](CN)C(=O)Nc1ccc(N2CCOCC2=O)cc1C(F)(F)F. The highest BCUT2D eigenvalue weighted by atomic mass is 19.4. The fraction of sp³-hybridized carbons (Fsp3) is 0.636. The highest BCUT2D eigenvalue weighted by molar-refractivity contribution is 5.98. The van der Waals surface area contributed by atoms with Crippen molar-refractivity contribution in [1.82, 2.24) is 4.90 Å². The predicted molar refractivity (Wildman–Crippen MR) is 115 cm³/mol. The number of hydrogen-bond acceptors (Lipinski definition) is 5. The van der Waals surface area contributed by atoms with Crippen LogP contribution in [0.3, 0.4) is 0 Å². The molecule has 2 amide bonds. The fourth-order valence-corrected chi connectivity index (χ4v) is 3.89. The number of ether oxygens (including phenoxy) is 1. The zero-order valence-electron chi connectivity index (χ0n) is 18.7. The lowest BCUT2D eigenvalue weighted by Crippen LogP contribution is -2.52. The zero-order valence-corrected chi connectivity index (χ0v) is 18.7. The van der Waals surface area contributed by atoms with E-state index in [1.807, 2.05) is 25.7 Å². The van der Waals surface area contributed by atoms with E-state index in [4.69, 9.17) is 10.5 Å². The van der Waals surface area contributed by atoms with Gasteiger partial charge in [0.1, 0.15) is 12.6 Å². The topological polar surface area (TPSA) is 87.9 Å². The van der Waals surface area contributed by atoms with Gasteiger partial charge in [0.25, 0.3) is 5.91 Å². The number of amides is 2. The summed E-state index contributed by atoms with van der Waals surface area (Å²) in [6.45, 7) is 6.97. The van der Waals surface area contributed by atoms with Crippen molar-refractivity contribution in [3.8, 4) is 0 Å². The van der Waals surface area contributed by atoms with Crippen LogP contribution in [0.1, 0.15) is 39.2 Å². The number of nitrogens with two attached hydrogens (primary N) is 1. The predicted octanol–water partition coefficient (Wildman–Crippen LogP) is 2.84. The summed E-state index contributed by atoms with van der Waals surface area (Å²) in [5, 5.41) is 2.45. The maximum absolute atomic E-state index is 13.8. The van der Waals surface area contributed by atoms with Crippen LogP contribution in [0.4, 0.5) is 24.5 Å². The number of nitrogens with one attached hydrogen (secondary N) is 1. The molecule has 32 heavy (non-hydrogen) atoms. The summed E-state index contributed by atoms with van der Waals surface area (Å²) in [5.74, 6) is -0.976. The van der Waals surface area contributed by atoms with Gasteiger partial charge in [-0.1, -0.05) is 20.8 Å². The molecule has 3 N–H and O–H groups in total. The van der Waals surface area contributed by atoms with Crippen LogP contribution in [-0.4, -0.2) is 61.6 Å². The van der Waals surface area contributed by atoms with Crippen LogP contribution < -0.4 is 16.0 Å². The molecule has 0 unspecified atom stereocenters.